The minimum atomic E-state index is -3.49. The summed E-state index contributed by atoms with van der Waals surface area (Å²) >= 11 is 1.51. The summed E-state index contributed by atoms with van der Waals surface area (Å²) in [4.78, 5) is 4.48. The fraction of sp³-hybridized carbons (Fsp3) is 0.357. The molecule has 7 heteroatoms. The second-order valence-electron chi connectivity index (χ2n) is 4.76. The third-order valence-corrected chi connectivity index (χ3v) is 5.32. The van der Waals surface area contributed by atoms with Gasteiger partial charge in [0.15, 0.2) is 0 Å². The fourth-order valence-corrected chi connectivity index (χ4v) is 3.92. The summed E-state index contributed by atoms with van der Waals surface area (Å²) in [6.45, 7) is 2.79. The van der Waals surface area contributed by atoms with Gasteiger partial charge in [-0.3, -0.25) is 0 Å². The highest BCUT2D eigenvalue weighted by Crippen LogP contribution is 2.17. The van der Waals surface area contributed by atoms with E-state index in [1.54, 1.807) is 18.5 Å². The van der Waals surface area contributed by atoms with E-state index in [2.05, 4.69) is 15.0 Å². The summed E-state index contributed by atoms with van der Waals surface area (Å²) in [6.07, 6.45) is 0.595. The van der Waals surface area contributed by atoms with Crippen molar-refractivity contribution >= 4 is 21.4 Å². The van der Waals surface area contributed by atoms with Crippen LogP contribution in [0, 0.1) is 6.92 Å². The Bertz CT molecular complexity index is 682. The summed E-state index contributed by atoms with van der Waals surface area (Å²) in [5.41, 5.74) is 4.34. The Morgan fingerprint density at radius 1 is 1.33 bits per heavy atom. The molecule has 2 N–H and O–H groups in total. The van der Waals surface area contributed by atoms with Crippen LogP contribution in [0.15, 0.2) is 34.0 Å². The standard InChI is InChI=1S/C14H19N3O2S2/c1-11-3-4-12(8-15-2)7-14(11)21(18,19)17-6-5-13-9-20-10-16-13/h3-4,7,9-10,15,17H,5-6,8H2,1-2H3. The SMILES string of the molecule is CNCc1ccc(C)c(S(=O)(=O)NCCc2cscn2)c1. The molecule has 2 rings (SSSR count). The topological polar surface area (TPSA) is 71.1 Å². The lowest BCUT2D eigenvalue weighted by Crippen LogP contribution is -2.27. The maximum Gasteiger partial charge on any atom is 0.240 e. The molecule has 5 nitrogen and oxygen atoms in total. The molecule has 0 fully saturated rings. The molecule has 2 aromatic rings. The smallest absolute Gasteiger partial charge is 0.240 e. The van der Waals surface area contributed by atoms with E-state index >= 15 is 0 Å². The normalized spacial score (nSPS) is 11.7. The number of hydrogen-bond acceptors (Lipinski definition) is 5. The largest absolute Gasteiger partial charge is 0.316 e. The molecule has 0 saturated carbocycles. The van der Waals surface area contributed by atoms with Crippen LogP contribution >= 0.6 is 11.3 Å². The second kappa shape index (κ2) is 7.13. The summed E-state index contributed by atoms with van der Waals surface area (Å²) in [6, 6.07) is 5.48. The molecule has 1 aromatic heterocycles. The zero-order valence-corrected chi connectivity index (χ0v) is 13.7. The molecule has 0 atom stereocenters. The van der Waals surface area contributed by atoms with E-state index in [9.17, 15) is 8.42 Å². The Balaban J connectivity index is 2.09. The second-order valence-corrected chi connectivity index (χ2v) is 7.21. The third kappa shape index (κ3) is 4.34. The van der Waals surface area contributed by atoms with Crippen LogP contribution in [0.4, 0.5) is 0 Å². The molecular formula is C14H19N3O2S2. The van der Waals surface area contributed by atoms with Gasteiger partial charge in [0.2, 0.25) is 10.0 Å². The predicted molar refractivity (Wildman–Crippen MR) is 84.9 cm³/mol. The van der Waals surface area contributed by atoms with Crippen LogP contribution in [0.3, 0.4) is 0 Å². The molecule has 0 bridgehead atoms. The Morgan fingerprint density at radius 3 is 2.81 bits per heavy atom. The Hall–Kier alpha value is -1.28. The van der Waals surface area contributed by atoms with Crippen molar-refractivity contribution in [2.75, 3.05) is 13.6 Å². The first-order valence-electron chi connectivity index (χ1n) is 6.64. The summed E-state index contributed by atoms with van der Waals surface area (Å²) in [5, 5.41) is 4.95. The molecule has 0 amide bonds. The maximum atomic E-state index is 12.4. The minimum absolute atomic E-state index is 0.341. The van der Waals surface area contributed by atoms with Crippen molar-refractivity contribution in [3.63, 3.8) is 0 Å². The number of aryl methyl sites for hydroxylation is 1. The first-order chi connectivity index (χ1) is 10.0. The maximum absolute atomic E-state index is 12.4. The monoisotopic (exact) mass is 325 g/mol. The molecule has 0 aliphatic carbocycles. The summed E-state index contributed by atoms with van der Waals surface area (Å²) in [7, 11) is -1.65. The number of aromatic nitrogens is 1. The average Bonchev–Trinajstić information content (AvgIpc) is 2.94. The first-order valence-corrected chi connectivity index (χ1v) is 9.06. The Morgan fingerprint density at radius 2 is 2.14 bits per heavy atom. The number of benzene rings is 1. The molecule has 0 radical (unpaired) electrons. The lowest BCUT2D eigenvalue weighted by molar-refractivity contribution is 0.580. The van der Waals surface area contributed by atoms with E-state index in [-0.39, 0.29) is 0 Å². The van der Waals surface area contributed by atoms with Crippen LogP contribution in [0.1, 0.15) is 16.8 Å². The van der Waals surface area contributed by atoms with Crippen molar-refractivity contribution < 1.29 is 8.42 Å². The highest BCUT2D eigenvalue weighted by Gasteiger charge is 2.16. The Kier molecular flexibility index (Phi) is 5.46. The number of nitrogens with zero attached hydrogens (tertiary/aromatic N) is 1. The quantitative estimate of drug-likeness (QED) is 0.813. The Labute approximate surface area is 129 Å². The number of rotatable bonds is 7. The zero-order valence-electron chi connectivity index (χ0n) is 12.1. The van der Waals surface area contributed by atoms with Gasteiger partial charge in [0.25, 0.3) is 0 Å². The van der Waals surface area contributed by atoms with E-state index in [0.717, 1.165) is 16.8 Å². The lowest BCUT2D eigenvalue weighted by atomic mass is 10.1. The van der Waals surface area contributed by atoms with E-state index < -0.39 is 10.0 Å². The van der Waals surface area contributed by atoms with E-state index in [1.807, 2.05) is 24.6 Å². The van der Waals surface area contributed by atoms with Crippen LogP contribution in [-0.2, 0) is 23.0 Å². The van der Waals surface area contributed by atoms with Gasteiger partial charge >= 0.3 is 0 Å². The highest BCUT2D eigenvalue weighted by atomic mass is 32.2. The van der Waals surface area contributed by atoms with Crippen LogP contribution in [0.2, 0.25) is 0 Å². The van der Waals surface area contributed by atoms with E-state index in [1.165, 1.54) is 11.3 Å². The molecule has 114 valence electrons. The fourth-order valence-electron chi connectivity index (χ4n) is 2.00. The molecule has 0 aliphatic heterocycles. The van der Waals surface area contributed by atoms with Crippen molar-refractivity contribution in [2.45, 2.75) is 24.8 Å². The first kappa shape index (κ1) is 16.1. The number of thiazole rings is 1. The molecule has 0 spiro atoms. The van der Waals surface area contributed by atoms with Gasteiger partial charge in [0.1, 0.15) is 0 Å². The van der Waals surface area contributed by atoms with Gasteiger partial charge in [-0.05, 0) is 31.2 Å². The predicted octanol–water partition coefficient (Wildman–Crippen LogP) is 1.69. The van der Waals surface area contributed by atoms with E-state index in [4.69, 9.17) is 0 Å². The van der Waals surface area contributed by atoms with Crippen LogP contribution in [0.5, 0.6) is 0 Å². The van der Waals surface area contributed by atoms with Crippen molar-refractivity contribution in [1.82, 2.24) is 15.0 Å². The summed E-state index contributed by atoms with van der Waals surface area (Å²) in [5.74, 6) is 0. The third-order valence-electron chi connectivity index (χ3n) is 3.08. The molecular weight excluding hydrogens is 306 g/mol. The van der Waals surface area contributed by atoms with E-state index in [0.29, 0.717) is 24.4 Å². The number of sulfonamides is 1. The molecule has 0 aliphatic rings. The molecule has 0 unspecified atom stereocenters. The van der Waals surface area contributed by atoms with Gasteiger partial charge in [-0.2, -0.15) is 0 Å². The van der Waals surface area contributed by atoms with Crippen molar-refractivity contribution in [1.29, 1.82) is 0 Å². The van der Waals surface area contributed by atoms with Gasteiger partial charge in [-0.1, -0.05) is 12.1 Å². The van der Waals surface area contributed by atoms with Crippen LogP contribution in [0.25, 0.3) is 0 Å². The van der Waals surface area contributed by atoms with Crippen molar-refractivity contribution in [3.05, 3.63) is 45.9 Å². The molecule has 21 heavy (non-hydrogen) atoms. The zero-order chi connectivity index (χ0) is 15.3. The van der Waals surface area contributed by atoms with Crippen LogP contribution in [-0.4, -0.2) is 27.0 Å². The highest BCUT2D eigenvalue weighted by molar-refractivity contribution is 7.89. The number of hydrogen-bond donors (Lipinski definition) is 2. The van der Waals surface area contributed by atoms with Gasteiger partial charge in [0, 0.05) is 24.9 Å². The van der Waals surface area contributed by atoms with Crippen LogP contribution < -0.4 is 10.0 Å². The average molecular weight is 325 g/mol. The summed E-state index contributed by atoms with van der Waals surface area (Å²) < 4.78 is 27.4. The number of nitrogens with one attached hydrogen (secondary N) is 2. The lowest BCUT2D eigenvalue weighted by Gasteiger charge is -2.11. The van der Waals surface area contributed by atoms with Crippen molar-refractivity contribution in [3.8, 4) is 0 Å². The van der Waals surface area contributed by atoms with Gasteiger partial charge in [-0.25, -0.2) is 18.1 Å². The van der Waals surface area contributed by atoms with Gasteiger partial charge in [-0.15, -0.1) is 11.3 Å². The minimum Gasteiger partial charge on any atom is -0.316 e. The van der Waals surface area contributed by atoms with Crippen molar-refractivity contribution in [2.24, 2.45) is 0 Å². The van der Waals surface area contributed by atoms with Gasteiger partial charge < -0.3 is 5.32 Å². The van der Waals surface area contributed by atoms with Gasteiger partial charge in [0.05, 0.1) is 16.1 Å². The molecule has 1 heterocycles. The molecule has 0 saturated heterocycles. The molecule has 1 aromatic carbocycles.